The molecule has 18 heavy (non-hydrogen) atoms. The number of hydrogen-bond donors (Lipinski definition) is 1. The van der Waals surface area contributed by atoms with Crippen molar-refractivity contribution in [2.75, 3.05) is 19.0 Å². The maximum absolute atomic E-state index is 11.2. The Labute approximate surface area is 110 Å². The Morgan fingerprint density at radius 3 is 2.89 bits per heavy atom. The average molecular weight is 268 g/mol. The van der Waals surface area contributed by atoms with Crippen molar-refractivity contribution < 1.29 is 9.66 Å². The smallest absolute Gasteiger partial charge is 0.305 e. The summed E-state index contributed by atoms with van der Waals surface area (Å²) in [4.78, 5) is 11.6. The number of rotatable bonds is 4. The zero-order valence-electron chi connectivity index (χ0n) is 10.4. The van der Waals surface area contributed by atoms with Gasteiger partial charge >= 0.3 is 5.69 Å². The van der Waals surface area contributed by atoms with Gasteiger partial charge in [0, 0.05) is 18.9 Å². The Bertz CT molecular complexity index is 453. The van der Waals surface area contributed by atoms with E-state index in [0.717, 1.165) is 13.0 Å². The van der Waals surface area contributed by atoms with E-state index in [1.165, 1.54) is 11.8 Å². The summed E-state index contributed by atoms with van der Waals surface area (Å²) in [5, 5.41) is 14.3. The molecule has 1 fully saturated rings. The highest BCUT2D eigenvalue weighted by molar-refractivity contribution is 8.00. The number of nitrogens with zero attached hydrogens (tertiary/aromatic N) is 1. The lowest BCUT2D eigenvalue weighted by Gasteiger charge is -2.14. The fourth-order valence-corrected chi connectivity index (χ4v) is 3.30. The molecule has 2 unspecified atom stereocenters. The van der Waals surface area contributed by atoms with Gasteiger partial charge in [-0.1, -0.05) is 6.07 Å². The van der Waals surface area contributed by atoms with E-state index in [-0.39, 0.29) is 22.0 Å². The second-order valence-corrected chi connectivity index (χ2v) is 5.46. The first-order valence-corrected chi connectivity index (χ1v) is 6.75. The minimum atomic E-state index is -0.325. The molecule has 1 saturated heterocycles. The van der Waals surface area contributed by atoms with Gasteiger partial charge in [-0.05, 0) is 25.5 Å². The standard InChI is InChI=1S/C12H16N2O3S/c1-8-10(6-7-17-8)18-11-5-3-4-9(13-2)12(11)14(15)16/h3-5,8,10,13H,6-7H2,1-2H3. The summed E-state index contributed by atoms with van der Waals surface area (Å²) in [7, 11) is 1.69. The van der Waals surface area contributed by atoms with Crippen molar-refractivity contribution in [3.63, 3.8) is 0 Å². The zero-order valence-corrected chi connectivity index (χ0v) is 11.2. The van der Waals surface area contributed by atoms with Gasteiger partial charge in [-0.2, -0.15) is 0 Å². The highest BCUT2D eigenvalue weighted by Crippen LogP contribution is 2.40. The van der Waals surface area contributed by atoms with E-state index >= 15 is 0 Å². The predicted octanol–water partition coefficient (Wildman–Crippen LogP) is 2.91. The van der Waals surface area contributed by atoms with E-state index in [9.17, 15) is 10.1 Å². The number of nitrogens with one attached hydrogen (secondary N) is 1. The first-order valence-electron chi connectivity index (χ1n) is 5.87. The molecule has 2 rings (SSSR count). The molecule has 1 aliphatic rings. The minimum absolute atomic E-state index is 0.146. The van der Waals surface area contributed by atoms with E-state index < -0.39 is 0 Å². The molecule has 1 aromatic carbocycles. The Kier molecular flexibility index (Phi) is 4.08. The van der Waals surface area contributed by atoms with Crippen molar-refractivity contribution >= 4 is 23.1 Å². The van der Waals surface area contributed by atoms with Crippen LogP contribution in [-0.4, -0.2) is 29.9 Å². The zero-order chi connectivity index (χ0) is 13.1. The quantitative estimate of drug-likeness (QED) is 0.672. The third-order valence-corrected chi connectivity index (χ3v) is 4.54. The number of thioether (sulfide) groups is 1. The SMILES string of the molecule is CNc1cccc(SC2CCOC2C)c1[N+](=O)[O-]. The Morgan fingerprint density at radius 2 is 2.33 bits per heavy atom. The lowest BCUT2D eigenvalue weighted by atomic mass is 10.2. The van der Waals surface area contributed by atoms with Crippen LogP contribution in [0.5, 0.6) is 0 Å². The van der Waals surface area contributed by atoms with Crippen molar-refractivity contribution in [3.05, 3.63) is 28.3 Å². The van der Waals surface area contributed by atoms with Crippen molar-refractivity contribution in [3.8, 4) is 0 Å². The van der Waals surface area contributed by atoms with Crippen LogP contribution in [0.25, 0.3) is 0 Å². The number of ether oxygens (including phenoxy) is 1. The number of hydrogen-bond acceptors (Lipinski definition) is 5. The van der Waals surface area contributed by atoms with Crippen LogP contribution in [0.3, 0.4) is 0 Å². The first kappa shape index (κ1) is 13.2. The molecule has 5 nitrogen and oxygen atoms in total. The van der Waals surface area contributed by atoms with Crippen LogP contribution in [0.2, 0.25) is 0 Å². The maximum Gasteiger partial charge on any atom is 0.305 e. The van der Waals surface area contributed by atoms with E-state index in [0.29, 0.717) is 10.6 Å². The Morgan fingerprint density at radius 1 is 1.56 bits per heavy atom. The van der Waals surface area contributed by atoms with Gasteiger partial charge in [0.1, 0.15) is 5.69 Å². The lowest BCUT2D eigenvalue weighted by molar-refractivity contribution is -0.386. The van der Waals surface area contributed by atoms with Gasteiger partial charge in [0.2, 0.25) is 0 Å². The molecular weight excluding hydrogens is 252 g/mol. The average Bonchev–Trinajstić information content (AvgIpc) is 2.74. The summed E-state index contributed by atoms with van der Waals surface area (Å²) in [5.41, 5.74) is 0.709. The summed E-state index contributed by atoms with van der Waals surface area (Å²) < 4.78 is 5.49. The molecule has 0 bridgehead atoms. The second kappa shape index (κ2) is 5.58. The van der Waals surface area contributed by atoms with E-state index in [1.54, 1.807) is 19.2 Å². The number of para-hydroxylation sites is 1. The molecule has 0 spiro atoms. The first-order chi connectivity index (χ1) is 8.63. The Balaban J connectivity index is 2.29. The molecule has 1 N–H and O–H groups in total. The normalized spacial score (nSPS) is 23.0. The van der Waals surface area contributed by atoms with E-state index in [1.807, 2.05) is 13.0 Å². The minimum Gasteiger partial charge on any atom is -0.383 e. The monoisotopic (exact) mass is 268 g/mol. The maximum atomic E-state index is 11.2. The van der Waals surface area contributed by atoms with Crippen LogP contribution in [-0.2, 0) is 4.74 Å². The molecule has 0 amide bonds. The van der Waals surface area contributed by atoms with Gasteiger partial charge in [-0.15, -0.1) is 11.8 Å². The van der Waals surface area contributed by atoms with Gasteiger partial charge in [0.15, 0.2) is 0 Å². The largest absolute Gasteiger partial charge is 0.383 e. The molecule has 0 radical (unpaired) electrons. The summed E-state index contributed by atoms with van der Waals surface area (Å²) >= 11 is 1.54. The van der Waals surface area contributed by atoms with E-state index in [4.69, 9.17) is 4.74 Å². The molecule has 1 aromatic rings. The van der Waals surface area contributed by atoms with E-state index in [2.05, 4.69) is 5.32 Å². The van der Waals surface area contributed by atoms with Crippen molar-refractivity contribution in [1.82, 2.24) is 0 Å². The molecular formula is C12H16N2O3S. The van der Waals surface area contributed by atoms with Crippen LogP contribution in [0.4, 0.5) is 11.4 Å². The lowest BCUT2D eigenvalue weighted by Crippen LogP contribution is -2.13. The van der Waals surface area contributed by atoms with Gasteiger partial charge in [-0.25, -0.2) is 0 Å². The number of anilines is 1. The molecule has 6 heteroatoms. The molecule has 0 aromatic heterocycles. The third-order valence-electron chi connectivity index (χ3n) is 3.04. The van der Waals surface area contributed by atoms with Crippen molar-refractivity contribution in [1.29, 1.82) is 0 Å². The van der Waals surface area contributed by atoms with Crippen LogP contribution in [0, 0.1) is 10.1 Å². The fraction of sp³-hybridized carbons (Fsp3) is 0.500. The van der Waals surface area contributed by atoms with Crippen LogP contribution >= 0.6 is 11.8 Å². The molecule has 2 atom stereocenters. The number of benzene rings is 1. The molecule has 0 aliphatic carbocycles. The predicted molar refractivity (Wildman–Crippen MR) is 72.3 cm³/mol. The second-order valence-electron chi connectivity index (χ2n) is 4.18. The van der Waals surface area contributed by atoms with Crippen molar-refractivity contribution in [2.45, 2.75) is 29.6 Å². The van der Waals surface area contributed by atoms with Gasteiger partial charge in [0.25, 0.3) is 0 Å². The van der Waals surface area contributed by atoms with Gasteiger partial charge in [-0.3, -0.25) is 10.1 Å². The summed E-state index contributed by atoms with van der Waals surface area (Å²) in [5.74, 6) is 0. The summed E-state index contributed by atoms with van der Waals surface area (Å²) in [6.07, 6.45) is 1.08. The topological polar surface area (TPSA) is 64.4 Å². The molecule has 0 saturated carbocycles. The third kappa shape index (κ3) is 2.59. The summed E-state index contributed by atoms with van der Waals surface area (Å²) in [6, 6.07) is 5.35. The highest BCUT2D eigenvalue weighted by Gasteiger charge is 2.29. The molecule has 1 aliphatic heterocycles. The van der Waals surface area contributed by atoms with Gasteiger partial charge < -0.3 is 10.1 Å². The van der Waals surface area contributed by atoms with Gasteiger partial charge in [0.05, 0.1) is 15.9 Å². The summed E-state index contributed by atoms with van der Waals surface area (Å²) in [6.45, 7) is 2.75. The van der Waals surface area contributed by atoms with Crippen LogP contribution < -0.4 is 5.32 Å². The number of nitro benzene ring substituents is 1. The van der Waals surface area contributed by atoms with Crippen molar-refractivity contribution in [2.24, 2.45) is 0 Å². The Hall–Kier alpha value is -1.27. The van der Waals surface area contributed by atoms with Crippen LogP contribution in [0.15, 0.2) is 23.1 Å². The van der Waals surface area contributed by atoms with Crippen LogP contribution in [0.1, 0.15) is 13.3 Å². The highest BCUT2D eigenvalue weighted by atomic mass is 32.2. The number of nitro groups is 1. The molecule has 98 valence electrons. The fourth-order valence-electron chi connectivity index (χ4n) is 2.04. The molecule has 1 heterocycles.